The first kappa shape index (κ1) is 14.4. The molecule has 0 radical (unpaired) electrons. The molecule has 0 aliphatic heterocycles. The first-order valence-electron chi connectivity index (χ1n) is 4.66. The summed E-state index contributed by atoms with van der Waals surface area (Å²) in [7, 11) is 1.19. The highest BCUT2D eigenvalue weighted by Gasteiger charge is 2.22. The van der Waals surface area contributed by atoms with Crippen LogP contribution in [0.1, 0.15) is 10.4 Å². The minimum Gasteiger partial charge on any atom is -0.358 e. The van der Waals surface area contributed by atoms with Gasteiger partial charge in [0.1, 0.15) is 0 Å². The molecule has 0 aromatic carbocycles. The van der Waals surface area contributed by atoms with Crippen LogP contribution in [0.5, 0.6) is 0 Å². The molecule has 1 rings (SSSR count). The number of halogens is 3. The minimum atomic E-state index is -2.67. The van der Waals surface area contributed by atoms with Gasteiger partial charge in [0.15, 0.2) is 6.20 Å². The fraction of sp³-hybridized carbons (Fsp3) is 0.333. The van der Waals surface area contributed by atoms with E-state index in [0.29, 0.717) is 0 Å². The molecule has 0 aliphatic carbocycles. The predicted octanol–water partition coefficient (Wildman–Crippen LogP) is 2.09. The molecule has 1 aromatic heterocycles. The summed E-state index contributed by atoms with van der Waals surface area (Å²) in [6, 6.07) is 0.939. The topological polar surface area (TPSA) is 76.3 Å². The number of hydrogen-bond acceptors (Lipinski definition) is 4. The maximum Gasteiger partial charge on any atom is 0.364 e. The lowest BCUT2D eigenvalue weighted by atomic mass is 10.2. The van der Waals surface area contributed by atoms with Crippen LogP contribution in [-0.4, -0.2) is 40.7 Å². The van der Waals surface area contributed by atoms with Crippen LogP contribution in [0.15, 0.2) is 16.7 Å². The summed E-state index contributed by atoms with van der Waals surface area (Å²) >= 11 is 2.99. The molecule has 0 saturated heterocycles. The maximum atomic E-state index is 12.1. The maximum absolute atomic E-state index is 12.1. The van der Waals surface area contributed by atoms with E-state index in [9.17, 15) is 23.7 Å². The number of carbonyl (C=O) groups excluding carboxylic acids is 1. The van der Waals surface area contributed by atoms with Crippen molar-refractivity contribution in [1.29, 1.82) is 0 Å². The molecule has 1 heterocycles. The molecule has 9 heteroatoms. The number of aromatic nitrogens is 1. The van der Waals surface area contributed by atoms with Gasteiger partial charge < -0.3 is 15.0 Å². The zero-order chi connectivity index (χ0) is 13.9. The van der Waals surface area contributed by atoms with E-state index < -0.39 is 29.6 Å². The number of amides is 1. The number of pyridine rings is 1. The molecule has 0 atom stereocenters. The van der Waals surface area contributed by atoms with Gasteiger partial charge in [0.05, 0.1) is 16.6 Å². The van der Waals surface area contributed by atoms with E-state index in [1.165, 1.54) is 7.05 Å². The third-order valence-electron chi connectivity index (χ3n) is 2.02. The largest absolute Gasteiger partial charge is 0.364 e. The molecule has 0 bridgehead atoms. The predicted molar refractivity (Wildman–Crippen MR) is 61.6 cm³/mol. The van der Waals surface area contributed by atoms with Crippen LogP contribution < -0.4 is 0 Å². The second-order valence-electron chi connectivity index (χ2n) is 3.36. The number of nitro groups is 1. The van der Waals surface area contributed by atoms with E-state index in [2.05, 4.69) is 20.9 Å². The average Bonchev–Trinajstić information content (AvgIpc) is 2.27. The highest BCUT2D eigenvalue weighted by atomic mass is 79.9. The Balaban J connectivity index is 3.04. The van der Waals surface area contributed by atoms with E-state index in [0.717, 1.165) is 17.2 Å². The van der Waals surface area contributed by atoms with Crippen molar-refractivity contribution >= 4 is 27.7 Å². The Morgan fingerprint density at radius 2 is 2.28 bits per heavy atom. The van der Waals surface area contributed by atoms with E-state index >= 15 is 0 Å². The monoisotopic (exact) mass is 323 g/mol. The van der Waals surface area contributed by atoms with Gasteiger partial charge in [-0.25, -0.2) is 8.78 Å². The van der Waals surface area contributed by atoms with Crippen molar-refractivity contribution in [2.24, 2.45) is 0 Å². The normalized spacial score (nSPS) is 10.5. The summed E-state index contributed by atoms with van der Waals surface area (Å²) < 4.78 is 24.5. The van der Waals surface area contributed by atoms with Crippen molar-refractivity contribution in [2.45, 2.75) is 6.43 Å². The Kier molecular flexibility index (Phi) is 4.65. The summed E-state index contributed by atoms with van der Waals surface area (Å²) in [6.45, 7) is -0.749. The smallest absolute Gasteiger partial charge is 0.358 e. The van der Waals surface area contributed by atoms with Gasteiger partial charge in [-0.15, -0.1) is 0 Å². The van der Waals surface area contributed by atoms with E-state index in [1.807, 2.05) is 0 Å². The Morgan fingerprint density at radius 1 is 1.67 bits per heavy atom. The first-order valence-corrected chi connectivity index (χ1v) is 5.45. The molecular formula is C9H8BrF2N3O3. The van der Waals surface area contributed by atoms with Gasteiger partial charge in [-0.1, -0.05) is 0 Å². The van der Waals surface area contributed by atoms with Gasteiger partial charge in [-0.05, 0) is 25.8 Å². The Hall–Kier alpha value is -1.64. The van der Waals surface area contributed by atoms with Gasteiger partial charge in [0, 0.05) is 13.1 Å². The lowest BCUT2D eigenvalue weighted by molar-refractivity contribution is -0.389. The molecule has 6 nitrogen and oxygen atoms in total. The molecule has 0 spiro atoms. The SMILES string of the molecule is CN(CC(F)F)C(=O)c1cc([N+](=O)[O-])ncc1Br. The highest BCUT2D eigenvalue weighted by Crippen LogP contribution is 2.21. The van der Waals surface area contributed by atoms with Crippen LogP contribution in [-0.2, 0) is 0 Å². The molecule has 98 valence electrons. The summed E-state index contributed by atoms with van der Waals surface area (Å²) in [6.07, 6.45) is -1.59. The van der Waals surface area contributed by atoms with Crippen molar-refractivity contribution in [3.05, 3.63) is 32.4 Å². The number of hydrogen-bond donors (Lipinski definition) is 0. The van der Waals surface area contributed by atoms with Crippen LogP contribution >= 0.6 is 15.9 Å². The zero-order valence-electron chi connectivity index (χ0n) is 9.14. The zero-order valence-corrected chi connectivity index (χ0v) is 10.7. The quantitative estimate of drug-likeness (QED) is 0.628. The van der Waals surface area contributed by atoms with Gasteiger partial charge in [-0.3, -0.25) is 4.79 Å². The molecule has 0 N–H and O–H groups in total. The molecule has 0 aliphatic rings. The summed E-state index contributed by atoms with van der Waals surface area (Å²) in [5.74, 6) is -1.26. The summed E-state index contributed by atoms with van der Waals surface area (Å²) in [5.41, 5.74) is -0.0835. The third-order valence-corrected chi connectivity index (χ3v) is 2.65. The van der Waals surface area contributed by atoms with E-state index in [4.69, 9.17) is 0 Å². The standard InChI is InChI=1S/C9H8BrF2N3O3/c1-14(4-7(11)12)9(16)5-2-8(15(17)18)13-3-6(5)10/h2-3,7H,4H2,1H3. The lowest BCUT2D eigenvalue weighted by Crippen LogP contribution is -2.31. The van der Waals surface area contributed by atoms with Gasteiger partial charge in [-0.2, -0.15) is 0 Å². The summed E-state index contributed by atoms with van der Waals surface area (Å²) in [4.78, 5) is 25.8. The fourth-order valence-electron chi connectivity index (χ4n) is 1.19. The van der Waals surface area contributed by atoms with Crippen molar-refractivity contribution in [3.8, 4) is 0 Å². The third kappa shape index (κ3) is 3.42. The van der Waals surface area contributed by atoms with Crippen LogP contribution in [0.2, 0.25) is 0 Å². The Bertz CT molecular complexity index is 484. The molecule has 1 amide bonds. The van der Waals surface area contributed by atoms with Crippen LogP contribution in [0.25, 0.3) is 0 Å². The fourth-order valence-corrected chi connectivity index (χ4v) is 1.57. The van der Waals surface area contributed by atoms with Crippen LogP contribution in [0, 0.1) is 10.1 Å². The number of alkyl halides is 2. The first-order chi connectivity index (χ1) is 8.32. The highest BCUT2D eigenvalue weighted by molar-refractivity contribution is 9.10. The van der Waals surface area contributed by atoms with Gasteiger partial charge in [0.2, 0.25) is 0 Å². The lowest BCUT2D eigenvalue weighted by Gasteiger charge is -2.16. The van der Waals surface area contributed by atoms with E-state index in [1.54, 1.807) is 0 Å². The molecule has 18 heavy (non-hydrogen) atoms. The molecule has 0 unspecified atom stereocenters. The number of rotatable bonds is 4. The van der Waals surface area contributed by atoms with Crippen molar-refractivity contribution in [1.82, 2.24) is 9.88 Å². The molecule has 0 saturated carbocycles. The molecule has 0 fully saturated rings. The number of carbonyl (C=O) groups is 1. The second kappa shape index (κ2) is 5.80. The second-order valence-corrected chi connectivity index (χ2v) is 4.21. The van der Waals surface area contributed by atoms with E-state index in [-0.39, 0.29) is 10.0 Å². The Morgan fingerprint density at radius 3 is 2.78 bits per heavy atom. The minimum absolute atomic E-state index is 0.0835. The van der Waals surface area contributed by atoms with Crippen molar-refractivity contribution < 1.29 is 18.5 Å². The molecular weight excluding hydrogens is 316 g/mol. The molecule has 1 aromatic rings. The van der Waals surface area contributed by atoms with Crippen molar-refractivity contribution in [2.75, 3.05) is 13.6 Å². The van der Waals surface area contributed by atoms with Gasteiger partial charge >= 0.3 is 5.82 Å². The Labute approximate surface area is 109 Å². The van der Waals surface area contributed by atoms with Crippen molar-refractivity contribution in [3.63, 3.8) is 0 Å². The summed E-state index contributed by atoms with van der Waals surface area (Å²) in [5, 5.41) is 10.5. The van der Waals surface area contributed by atoms with Gasteiger partial charge in [0.25, 0.3) is 12.3 Å². The average molecular weight is 324 g/mol. The number of nitrogens with zero attached hydrogens (tertiary/aromatic N) is 3. The van der Waals surface area contributed by atoms with Crippen LogP contribution in [0.3, 0.4) is 0 Å². The van der Waals surface area contributed by atoms with Crippen LogP contribution in [0.4, 0.5) is 14.6 Å².